The molecule has 2 aromatic rings. The van der Waals surface area contributed by atoms with Gasteiger partial charge in [0.1, 0.15) is 0 Å². The molecule has 3 rings (SSSR count). The molecule has 108 valence electrons. The molecule has 0 saturated carbocycles. The summed E-state index contributed by atoms with van der Waals surface area (Å²) in [4.78, 5) is 14.4. The van der Waals surface area contributed by atoms with Crippen LogP contribution < -0.4 is 4.90 Å². The summed E-state index contributed by atoms with van der Waals surface area (Å²) in [5, 5.41) is 0. The minimum atomic E-state index is -0.123. The Morgan fingerprint density at radius 1 is 1.05 bits per heavy atom. The Balaban J connectivity index is 1.99. The lowest BCUT2D eigenvalue weighted by molar-refractivity contribution is -0.145. The average molecular weight is 281 g/mol. The number of rotatable bonds is 3. The Kier molecular flexibility index (Phi) is 3.91. The van der Waals surface area contributed by atoms with E-state index < -0.39 is 0 Å². The third kappa shape index (κ3) is 2.64. The number of ether oxygens (including phenoxy) is 1. The minimum Gasteiger partial charge on any atom is -0.469 e. The predicted octanol–water partition coefficient (Wildman–Crippen LogP) is 3.43. The summed E-state index contributed by atoms with van der Waals surface area (Å²) in [6.45, 7) is 0.864. The first-order valence-corrected chi connectivity index (χ1v) is 7.25. The number of hydrogen-bond donors (Lipinski definition) is 0. The number of carbonyl (C=O) groups is 1. The van der Waals surface area contributed by atoms with Crippen LogP contribution in [-0.2, 0) is 9.53 Å². The standard InChI is InChI=1S/C18H19NO2/c1-21-18(20)16-12-13-19(15-10-6-3-7-11-15)17(16)14-8-4-2-5-9-14/h2-11,16-17H,12-13H2,1H3/t16-,17+/m0/s1. The fourth-order valence-corrected chi connectivity index (χ4v) is 3.16. The van der Waals surface area contributed by atoms with Gasteiger partial charge in [0.25, 0.3) is 0 Å². The molecule has 3 heteroatoms. The van der Waals surface area contributed by atoms with E-state index in [0.29, 0.717) is 0 Å². The van der Waals surface area contributed by atoms with Crippen molar-refractivity contribution in [3.63, 3.8) is 0 Å². The van der Waals surface area contributed by atoms with Crippen LogP contribution in [0, 0.1) is 5.92 Å². The topological polar surface area (TPSA) is 29.5 Å². The van der Waals surface area contributed by atoms with Crippen molar-refractivity contribution in [3.05, 3.63) is 66.2 Å². The van der Waals surface area contributed by atoms with Crippen LogP contribution in [0.4, 0.5) is 5.69 Å². The Morgan fingerprint density at radius 2 is 1.67 bits per heavy atom. The molecule has 21 heavy (non-hydrogen) atoms. The van der Waals surface area contributed by atoms with Crippen LogP contribution in [0.1, 0.15) is 18.0 Å². The van der Waals surface area contributed by atoms with Crippen molar-refractivity contribution >= 4 is 11.7 Å². The van der Waals surface area contributed by atoms with Gasteiger partial charge in [0.15, 0.2) is 0 Å². The molecule has 0 spiro atoms. The summed E-state index contributed by atoms with van der Waals surface area (Å²) in [5.74, 6) is -0.236. The minimum absolute atomic E-state index is 0.0426. The largest absolute Gasteiger partial charge is 0.469 e. The molecule has 2 aromatic carbocycles. The average Bonchev–Trinajstić information content (AvgIpc) is 3.00. The maximum absolute atomic E-state index is 12.1. The van der Waals surface area contributed by atoms with Gasteiger partial charge in [0.2, 0.25) is 0 Å². The molecule has 1 fully saturated rings. The first-order chi connectivity index (χ1) is 10.3. The van der Waals surface area contributed by atoms with Gasteiger partial charge in [-0.25, -0.2) is 0 Å². The summed E-state index contributed by atoms with van der Waals surface area (Å²) in [7, 11) is 1.47. The molecule has 1 saturated heterocycles. The summed E-state index contributed by atoms with van der Waals surface area (Å²) < 4.78 is 5.00. The van der Waals surface area contributed by atoms with Gasteiger partial charge in [0, 0.05) is 12.2 Å². The monoisotopic (exact) mass is 281 g/mol. The Bertz CT molecular complexity index is 597. The van der Waals surface area contributed by atoms with E-state index in [1.807, 2.05) is 36.4 Å². The van der Waals surface area contributed by atoms with Crippen molar-refractivity contribution < 1.29 is 9.53 Å². The molecule has 0 aromatic heterocycles. The molecule has 0 amide bonds. The zero-order chi connectivity index (χ0) is 14.7. The maximum Gasteiger partial charge on any atom is 0.311 e. The molecule has 3 nitrogen and oxygen atoms in total. The molecular formula is C18H19NO2. The molecule has 0 bridgehead atoms. The lowest BCUT2D eigenvalue weighted by Gasteiger charge is -2.29. The highest BCUT2D eigenvalue weighted by Crippen LogP contribution is 2.40. The molecule has 1 aliphatic heterocycles. The lowest BCUT2D eigenvalue weighted by atomic mass is 9.93. The van der Waals surface area contributed by atoms with E-state index in [0.717, 1.165) is 24.2 Å². The van der Waals surface area contributed by atoms with Crippen LogP contribution in [-0.4, -0.2) is 19.6 Å². The van der Waals surface area contributed by atoms with Crippen molar-refractivity contribution in [1.82, 2.24) is 0 Å². The quantitative estimate of drug-likeness (QED) is 0.807. The third-order valence-electron chi connectivity index (χ3n) is 4.13. The van der Waals surface area contributed by atoms with E-state index >= 15 is 0 Å². The second-order valence-corrected chi connectivity index (χ2v) is 5.30. The SMILES string of the molecule is COC(=O)[C@H]1CCN(c2ccccc2)[C@@H]1c1ccccc1. The Morgan fingerprint density at radius 3 is 2.29 bits per heavy atom. The number of esters is 1. The predicted molar refractivity (Wildman–Crippen MR) is 83.1 cm³/mol. The van der Waals surface area contributed by atoms with Gasteiger partial charge in [-0.1, -0.05) is 48.5 Å². The highest BCUT2D eigenvalue weighted by Gasteiger charge is 2.40. The Labute approximate surface area is 125 Å². The second-order valence-electron chi connectivity index (χ2n) is 5.30. The highest BCUT2D eigenvalue weighted by molar-refractivity contribution is 5.75. The summed E-state index contributed by atoms with van der Waals surface area (Å²) in [6, 6.07) is 20.5. The first-order valence-electron chi connectivity index (χ1n) is 7.25. The van der Waals surface area contributed by atoms with Gasteiger partial charge < -0.3 is 9.64 Å². The van der Waals surface area contributed by atoms with Crippen LogP contribution in [0.2, 0.25) is 0 Å². The van der Waals surface area contributed by atoms with Gasteiger partial charge in [-0.2, -0.15) is 0 Å². The number of anilines is 1. The van der Waals surface area contributed by atoms with Crippen LogP contribution >= 0.6 is 0 Å². The first kappa shape index (κ1) is 13.7. The van der Waals surface area contributed by atoms with Crippen LogP contribution in [0.25, 0.3) is 0 Å². The molecule has 2 atom stereocenters. The normalized spacial score (nSPS) is 21.3. The van der Waals surface area contributed by atoms with Crippen molar-refractivity contribution in [2.24, 2.45) is 5.92 Å². The van der Waals surface area contributed by atoms with Crippen LogP contribution in [0.5, 0.6) is 0 Å². The summed E-state index contributed by atoms with van der Waals surface area (Å²) in [6.07, 6.45) is 0.821. The Hall–Kier alpha value is -2.29. The van der Waals surface area contributed by atoms with E-state index in [-0.39, 0.29) is 17.9 Å². The summed E-state index contributed by atoms with van der Waals surface area (Å²) >= 11 is 0. The molecule has 0 N–H and O–H groups in total. The zero-order valence-corrected chi connectivity index (χ0v) is 12.1. The smallest absolute Gasteiger partial charge is 0.311 e. The molecule has 1 aliphatic rings. The van der Waals surface area contributed by atoms with E-state index in [1.165, 1.54) is 7.11 Å². The van der Waals surface area contributed by atoms with Crippen LogP contribution in [0.15, 0.2) is 60.7 Å². The number of hydrogen-bond acceptors (Lipinski definition) is 3. The highest BCUT2D eigenvalue weighted by atomic mass is 16.5. The maximum atomic E-state index is 12.1. The van der Waals surface area contributed by atoms with Gasteiger partial charge in [-0.15, -0.1) is 0 Å². The van der Waals surface area contributed by atoms with Gasteiger partial charge in [-0.05, 0) is 24.1 Å². The number of carbonyl (C=O) groups excluding carboxylic acids is 1. The van der Waals surface area contributed by atoms with Crippen molar-refractivity contribution in [1.29, 1.82) is 0 Å². The van der Waals surface area contributed by atoms with Crippen molar-refractivity contribution in [3.8, 4) is 0 Å². The number of benzene rings is 2. The molecule has 0 unspecified atom stereocenters. The van der Waals surface area contributed by atoms with E-state index in [1.54, 1.807) is 0 Å². The lowest BCUT2D eigenvalue weighted by Crippen LogP contribution is -2.28. The number of methoxy groups -OCH3 is 1. The number of para-hydroxylation sites is 1. The van der Waals surface area contributed by atoms with Crippen molar-refractivity contribution in [2.45, 2.75) is 12.5 Å². The van der Waals surface area contributed by atoms with Crippen molar-refractivity contribution in [2.75, 3.05) is 18.6 Å². The second kappa shape index (κ2) is 6.00. The summed E-state index contributed by atoms with van der Waals surface area (Å²) in [5.41, 5.74) is 2.31. The van der Waals surface area contributed by atoms with Gasteiger partial charge in [0.05, 0.1) is 19.1 Å². The number of nitrogens with zero attached hydrogens (tertiary/aromatic N) is 1. The van der Waals surface area contributed by atoms with E-state index in [9.17, 15) is 4.79 Å². The van der Waals surface area contributed by atoms with E-state index in [4.69, 9.17) is 4.74 Å². The zero-order valence-electron chi connectivity index (χ0n) is 12.1. The molecule has 0 aliphatic carbocycles. The molecular weight excluding hydrogens is 262 g/mol. The van der Waals surface area contributed by atoms with Gasteiger partial charge in [-0.3, -0.25) is 4.79 Å². The van der Waals surface area contributed by atoms with E-state index in [2.05, 4.69) is 29.2 Å². The fourth-order valence-electron chi connectivity index (χ4n) is 3.16. The molecule has 1 heterocycles. The third-order valence-corrected chi connectivity index (χ3v) is 4.13. The fraction of sp³-hybridized carbons (Fsp3) is 0.278. The molecule has 0 radical (unpaired) electrons. The van der Waals surface area contributed by atoms with Crippen LogP contribution in [0.3, 0.4) is 0 Å². The van der Waals surface area contributed by atoms with Gasteiger partial charge >= 0.3 is 5.97 Å².